The number of nitrogens with one attached hydrogen (secondary N) is 1. The molecule has 134 valence electrons. The first-order valence-electron chi connectivity index (χ1n) is 8.50. The van der Waals surface area contributed by atoms with Gasteiger partial charge in [-0.25, -0.2) is 0 Å². The highest BCUT2D eigenvalue weighted by molar-refractivity contribution is 8.00. The van der Waals surface area contributed by atoms with Gasteiger partial charge < -0.3 is 9.73 Å². The molecule has 0 saturated heterocycles. The molecule has 0 bridgehead atoms. The van der Waals surface area contributed by atoms with Crippen LogP contribution in [-0.2, 0) is 11.2 Å². The number of aromatic nitrogens is 2. The van der Waals surface area contributed by atoms with E-state index in [0.717, 1.165) is 17.5 Å². The molecule has 5 nitrogen and oxygen atoms in total. The Balaban J connectivity index is 1.51. The lowest BCUT2D eigenvalue weighted by molar-refractivity contribution is -0.120. The first-order valence-corrected chi connectivity index (χ1v) is 9.38. The molecule has 1 atom stereocenters. The van der Waals surface area contributed by atoms with Crippen molar-refractivity contribution in [1.29, 1.82) is 0 Å². The van der Waals surface area contributed by atoms with Gasteiger partial charge in [-0.15, -0.1) is 10.2 Å². The predicted octanol–water partition coefficient (Wildman–Crippen LogP) is 3.88. The van der Waals surface area contributed by atoms with Crippen molar-refractivity contribution in [2.45, 2.75) is 30.7 Å². The molecule has 0 aliphatic rings. The average molecular weight is 367 g/mol. The Morgan fingerprint density at radius 2 is 1.96 bits per heavy atom. The van der Waals surface area contributed by atoms with E-state index in [1.165, 1.54) is 17.3 Å². The standard InChI is InChI=1S/C20H21N3O2S/c1-14-7-6-10-17(13-14)19-22-23-20(25-19)26-15(2)18(24)21-12-11-16-8-4-3-5-9-16/h3-10,13,15H,11-12H2,1-2H3,(H,21,24)/t15-/m0/s1. The third-order valence-electron chi connectivity index (χ3n) is 3.87. The highest BCUT2D eigenvalue weighted by atomic mass is 32.2. The van der Waals surface area contributed by atoms with Crippen molar-refractivity contribution in [3.63, 3.8) is 0 Å². The quantitative estimate of drug-likeness (QED) is 0.642. The van der Waals surface area contributed by atoms with E-state index >= 15 is 0 Å². The maximum Gasteiger partial charge on any atom is 0.277 e. The average Bonchev–Trinajstić information content (AvgIpc) is 3.11. The number of aryl methyl sites for hydroxylation is 1. The molecule has 26 heavy (non-hydrogen) atoms. The molecule has 0 fully saturated rings. The molecule has 1 aromatic heterocycles. The van der Waals surface area contributed by atoms with Crippen LogP contribution >= 0.6 is 11.8 Å². The smallest absolute Gasteiger partial charge is 0.277 e. The lowest BCUT2D eigenvalue weighted by atomic mass is 10.1. The number of carbonyl (C=O) groups excluding carboxylic acids is 1. The number of thioether (sulfide) groups is 1. The molecule has 0 spiro atoms. The van der Waals surface area contributed by atoms with E-state index in [1.807, 2.05) is 56.3 Å². The molecule has 6 heteroatoms. The molecular weight excluding hydrogens is 346 g/mol. The summed E-state index contributed by atoms with van der Waals surface area (Å²) < 4.78 is 5.68. The Bertz CT molecular complexity index is 864. The first-order chi connectivity index (χ1) is 12.6. The van der Waals surface area contributed by atoms with Gasteiger partial charge in [0.1, 0.15) is 0 Å². The summed E-state index contributed by atoms with van der Waals surface area (Å²) in [4.78, 5) is 12.2. The molecule has 2 aromatic carbocycles. The Morgan fingerprint density at radius 1 is 1.15 bits per heavy atom. The minimum absolute atomic E-state index is 0.0405. The van der Waals surface area contributed by atoms with Crippen molar-refractivity contribution < 1.29 is 9.21 Å². The molecule has 1 heterocycles. The van der Waals surface area contributed by atoms with Crippen LogP contribution in [0.4, 0.5) is 0 Å². The molecule has 1 N–H and O–H groups in total. The van der Waals surface area contributed by atoms with E-state index in [2.05, 4.69) is 27.6 Å². The fourth-order valence-corrected chi connectivity index (χ4v) is 3.18. The van der Waals surface area contributed by atoms with Gasteiger partial charge in [0.05, 0.1) is 5.25 Å². The van der Waals surface area contributed by atoms with Crippen LogP contribution in [0.3, 0.4) is 0 Å². The predicted molar refractivity (Wildman–Crippen MR) is 103 cm³/mol. The second kappa shape index (κ2) is 8.67. The lowest BCUT2D eigenvalue weighted by Gasteiger charge is -2.09. The van der Waals surface area contributed by atoms with Crippen molar-refractivity contribution >= 4 is 17.7 Å². The lowest BCUT2D eigenvalue weighted by Crippen LogP contribution is -2.32. The van der Waals surface area contributed by atoms with E-state index < -0.39 is 0 Å². The number of carbonyl (C=O) groups is 1. The summed E-state index contributed by atoms with van der Waals surface area (Å²) in [6, 6.07) is 18.0. The van der Waals surface area contributed by atoms with Gasteiger partial charge in [-0.05, 0) is 38.0 Å². The van der Waals surface area contributed by atoms with Crippen LogP contribution in [0.2, 0.25) is 0 Å². The van der Waals surface area contributed by atoms with Gasteiger partial charge in [0.15, 0.2) is 0 Å². The normalized spacial score (nSPS) is 11.9. The van der Waals surface area contributed by atoms with Crippen LogP contribution in [0.15, 0.2) is 64.2 Å². The van der Waals surface area contributed by atoms with E-state index in [9.17, 15) is 4.79 Å². The number of hydrogen-bond donors (Lipinski definition) is 1. The number of rotatable bonds is 7. The monoisotopic (exact) mass is 367 g/mol. The number of hydrogen-bond acceptors (Lipinski definition) is 5. The summed E-state index contributed by atoms with van der Waals surface area (Å²) in [5.74, 6) is 0.425. The van der Waals surface area contributed by atoms with E-state index in [4.69, 9.17) is 4.42 Å². The SMILES string of the molecule is Cc1cccc(-c2nnc(S[C@@H](C)C(=O)NCCc3ccccc3)o2)c1. The van der Waals surface area contributed by atoms with Crippen molar-refractivity contribution in [1.82, 2.24) is 15.5 Å². The minimum Gasteiger partial charge on any atom is -0.411 e. The van der Waals surface area contributed by atoms with Crippen LogP contribution < -0.4 is 5.32 Å². The summed E-state index contributed by atoms with van der Waals surface area (Å²) in [6.45, 7) is 4.45. The second-order valence-electron chi connectivity index (χ2n) is 6.03. The number of nitrogens with zero attached hydrogens (tertiary/aromatic N) is 2. The van der Waals surface area contributed by atoms with Gasteiger partial charge in [-0.2, -0.15) is 0 Å². The fraction of sp³-hybridized carbons (Fsp3) is 0.250. The van der Waals surface area contributed by atoms with Crippen LogP contribution in [0, 0.1) is 6.92 Å². The Labute approximate surface area is 157 Å². The Hall–Kier alpha value is -2.60. The number of amides is 1. The van der Waals surface area contributed by atoms with Gasteiger partial charge in [-0.1, -0.05) is 59.8 Å². The van der Waals surface area contributed by atoms with Gasteiger partial charge in [-0.3, -0.25) is 4.79 Å². The molecular formula is C20H21N3O2S. The molecule has 0 radical (unpaired) electrons. The summed E-state index contributed by atoms with van der Waals surface area (Å²) in [5, 5.41) is 11.1. The van der Waals surface area contributed by atoms with Crippen LogP contribution in [0.25, 0.3) is 11.5 Å². The largest absolute Gasteiger partial charge is 0.411 e. The fourth-order valence-electron chi connectivity index (χ4n) is 2.48. The van der Waals surface area contributed by atoms with Gasteiger partial charge in [0, 0.05) is 12.1 Å². The molecule has 0 aliphatic carbocycles. The summed E-state index contributed by atoms with van der Waals surface area (Å²) in [7, 11) is 0. The summed E-state index contributed by atoms with van der Waals surface area (Å²) in [5.41, 5.74) is 3.21. The van der Waals surface area contributed by atoms with Crippen molar-refractivity contribution in [3.8, 4) is 11.5 Å². The molecule has 3 aromatic rings. The summed E-state index contributed by atoms with van der Waals surface area (Å²) >= 11 is 1.27. The Kier molecular flexibility index (Phi) is 6.07. The molecule has 3 rings (SSSR count). The highest BCUT2D eigenvalue weighted by Gasteiger charge is 2.18. The van der Waals surface area contributed by atoms with Crippen molar-refractivity contribution in [3.05, 3.63) is 65.7 Å². The molecule has 1 amide bonds. The van der Waals surface area contributed by atoms with Gasteiger partial charge in [0.2, 0.25) is 11.8 Å². The topological polar surface area (TPSA) is 68.0 Å². The molecule has 0 unspecified atom stereocenters. The van der Waals surface area contributed by atoms with E-state index in [0.29, 0.717) is 17.7 Å². The van der Waals surface area contributed by atoms with E-state index in [1.54, 1.807) is 0 Å². The third-order valence-corrected chi connectivity index (χ3v) is 4.81. The third kappa shape index (κ3) is 4.95. The minimum atomic E-state index is -0.309. The maximum absolute atomic E-state index is 12.2. The first kappa shape index (κ1) is 18.2. The zero-order valence-electron chi connectivity index (χ0n) is 14.8. The van der Waals surface area contributed by atoms with Crippen molar-refractivity contribution in [2.75, 3.05) is 6.54 Å². The summed E-state index contributed by atoms with van der Waals surface area (Å²) in [6.07, 6.45) is 0.808. The van der Waals surface area contributed by atoms with Crippen LogP contribution in [0.5, 0.6) is 0 Å². The highest BCUT2D eigenvalue weighted by Crippen LogP contribution is 2.26. The zero-order chi connectivity index (χ0) is 18.4. The van der Waals surface area contributed by atoms with Crippen molar-refractivity contribution in [2.24, 2.45) is 0 Å². The molecule has 0 saturated carbocycles. The zero-order valence-corrected chi connectivity index (χ0v) is 15.6. The van der Waals surface area contributed by atoms with Gasteiger partial charge in [0.25, 0.3) is 5.22 Å². The number of benzene rings is 2. The van der Waals surface area contributed by atoms with Gasteiger partial charge >= 0.3 is 0 Å². The van der Waals surface area contributed by atoms with E-state index in [-0.39, 0.29) is 11.2 Å². The van der Waals surface area contributed by atoms with Crippen LogP contribution in [-0.4, -0.2) is 27.9 Å². The second-order valence-corrected chi connectivity index (χ2v) is 7.32. The Morgan fingerprint density at radius 3 is 2.73 bits per heavy atom. The molecule has 0 aliphatic heterocycles. The maximum atomic E-state index is 12.2. The van der Waals surface area contributed by atoms with Crippen LogP contribution in [0.1, 0.15) is 18.1 Å².